The molecule has 0 fully saturated rings. The first-order chi connectivity index (χ1) is 10.8. The minimum atomic E-state index is -4.03. The second-order valence-electron chi connectivity index (χ2n) is 4.51. The first kappa shape index (κ1) is 16.5. The molecule has 0 amide bonds. The molecule has 0 atom stereocenters. The highest BCUT2D eigenvalue weighted by Gasteiger charge is 2.19. The van der Waals surface area contributed by atoms with Crippen LogP contribution in [0.4, 0.5) is 11.4 Å². The highest BCUT2D eigenvalue weighted by Crippen LogP contribution is 2.27. The maximum atomic E-state index is 11.3. The first-order valence-electron chi connectivity index (χ1n) is 6.32. The number of pyridine rings is 1. The van der Waals surface area contributed by atoms with E-state index in [2.05, 4.69) is 15.5 Å². The highest BCUT2D eigenvalue weighted by atomic mass is 32.2. The van der Waals surface area contributed by atoms with Crippen molar-refractivity contribution in [2.45, 2.75) is 11.8 Å². The number of sulfonamides is 1. The third kappa shape index (κ3) is 4.08. The lowest BCUT2D eigenvalue weighted by atomic mass is 10.2. The minimum Gasteiger partial charge on any atom is -0.271 e. The summed E-state index contributed by atoms with van der Waals surface area (Å²) in [5, 5.41) is 20.1. The number of aromatic nitrogens is 1. The van der Waals surface area contributed by atoms with Gasteiger partial charge in [-0.05, 0) is 31.2 Å². The van der Waals surface area contributed by atoms with Crippen LogP contribution in [-0.4, -0.2) is 24.0 Å². The van der Waals surface area contributed by atoms with Gasteiger partial charge in [0.15, 0.2) is 0 Å². The van der Waals surface area contributed by atoms with Crippen molar-refractivity contribution in [3.8, 4) is 0 Å². The van der Waals surface area contributed by atoms with Gasteiger partial charge in [0.05, 0.1) is 21.2 Å². The fourth-order valence-corrected chi connectivity index (χ4v) is 2.25. The van der Waals surface area contributed by atoms with Crippen LogP contribution in [0.1, 0.15) is 12.6 Å². The Kier molecular flexibility index (Phi) is 4.67. The van der Waals surface area contributed by atoms with E-state index < -0.39 is 20.6 Å². The van der Waals surface area contributed by atoms with E-state index in [4.69, 9.17) is 5.14 Å². The summed E-state index contributed by atoms with van der Waals surface area (Å²) in [6.45, 7) is 1.68. The van der Waals surface area contributed by atoms with Gasteiger partial charge in [-0.1, -0.05) is 6.07 Å². The molecule has 9 nitrogen and oxygen atoms in total. The van der Waals surface area contributed by atoms with E-state index in [9.17, 15) is 18.5 Å². The summed E-state index contributed by atoms with van der Waals surface area (Å²) in [4.78, 5) is 14.1. The van der Waals surface area contributed by atoms with E-state index in [1.807, 2.05) is 0 Å². The number of nitro groups is 1. The molecule has 1 aromatic carbocycles. The number of nitrogens with two attached hydrogens (primary N) is 1. The largest absolute Gasteiger partial charge is 0.295 e. The van der Waals surface area contributed by atoms with Gasteiger partial charge in [-0.15, -0.1) is 0 Å². The molecule has 2 rings (SSSR count). The summed E-state index contributed by atoms with van der Waals surface area (Å²) < 4.78 is 22.5. The van der Waals surface area contributed by atoms with Crippen molar-refractivity contribution >= 4 is 27.1 Å². The predicted molar refractivity (Wildman–Crippen MR) is 84.5 cm³/mol. The quantitative estimate of drug-likeness (QED) is 0.481. The number of nitrogens with one attached hydrogen (secondary N) is 1. The standard InChI is InChI=1S/C13H13N5O4S/c1-9(11-4-2-3-7-15-11)16-17-12-6-5-10(23(14,21)22)8-13(12)18(19)20/h2-8,17H,1H3,(H2,14,21,22). The fourth-order valence-electron chi connectivity index (χ4n) is 1.71. The third-order valence-electron chi connectivity index (χ3n) is 2.87. The van der Waals surface area contributed by atoms with E-state index in [0.29, 0.717) is 11.4 Å². The Bertz CT molecular complexity index is 865. The number of hydrazone groups is 1. The summed E-state index contributed by atoms with van der Waals surface area (Å²) in [5.41, 5.74) is 3.24. The van der Waals surface area contributed by atoms with Crippen LogP contribution in [0.5, 0.6) is 0 Å². The smallest absolute Gasteiger partial charge is 0.271 e. The number of primary sulfonamides is 1. The normalized spacial score (nSPS) is 12.0. The summed E-state index contributed by atoms with van der Waals surface area (Å²) in [6.07, 6.45) is 1.59. The summed E-state index contributed by atoms with van der Waals surface area (Å²) in [7, 11) is -4.03. The molecular formula is C13H13N5O4S. The van der Waals surface area contributed by atoms with Crippen molar-refractivity contribution in [1.82, 2.24) is 4.98 Å². The van der Waals surface area contributed by atoms with Gasteiger partial charge < -0.3 is 0 Å². The van der Waals surface area contributed by atoms with Gasteiger partial charge in [-0.2, -0.15) is 5.10 Å². The zero-order valence-electron chi connectivity index (χ0n) is 12.0. The monoisotopic (exact) mass is 335 g/mol. The number of nitro benzene ring substituents is 1. The summed E-state index contributed by atoms with van der Waals surface area (Å²) in [5.74, 6) is 0. The van der Waals surface area contributed by atoms with Crippen molar-refractivity contribution in [3.05, 3.63) is 58.4 Å². The fraction of sp³-hybridized carbons (Fsp3) is 0.0769. The van der Waals surface area contributed by atoms with Crippen LogP contribution in [-0.2, 0) is 10.0 Å². The van der Waals surface area contributed by atoms with Crippen LogP contribution in [0.2, 0.25) is 0 Å². The van der Waals surface area contributed by atoms with Gasteiger partial charge in [-0.25, -0.2) is 13.6 Å². The van der Waals surface area contributed by atoms with Gasteiger partial charge >= 0.3 is 0 Å². The van der Waals surface area contributed by atoms with Crippen LogP contribution >= 0.6 is 0 Å². The molecular weight excluding hydrogens is 322 g/mol. The van der Waals surface area contributed by atoms with Crippen molar-refractivity contribution < 1.29 is 13.3 Å². The Labute approximate surface area is 132 Å². The van der Waals surface area contributed by atoms with Crippen LogP contribution < -0.4 is 10.6 Å². The van der Waals surface area contributed by atoms with E-state index in [-0.39, 0.29) is 10.6 Å². The molecule has 3 N–H and O–H groups in total. The molecule has 0 saturated carbocycles. The van der Waals surface area contributed by atoms with Gasteiger partial charge in [0.1, 0.15) is 5.69 Å². The zero-order chi connectivity index (χ0) is 17.0. The molecule has 0 radical (unpaired) electrons. The lowest BCUT2D eigenvalue weighted by Crippen LogP contribution is -2.12. The van der Waals surface area contributed by atoms with Crippen LogP contribution in [0, 0.1) is 10.1 Å². The Morgan fingerprint density at radius 1 is 1.35 bits per heavy atom. The predicted octanol–water partition coefficient (Wildman–Crippen LogP) is 1.47. The number of benzene rings is 1. The molecule has 0 spiro atoms. The molecule has 1 aromatic heterocycles. The van der Waals surface area contributed by atoms with E-state index >= 15 is 0 Å². The lowest BCUT2D eigenvalue weighted by molar-refractivity contribution is -0.384. The molecule has 10 heteroatoms. The minimum absolute atomic E-state index is 0.0395. The SMILES string of the molecule is CC(=NNc1ccc(S(N)(=O)=O)cc1[N+](=O)[O-])c1ccccn1. The van der Waals surface area contributed by atoms with Crippen LogP contribution in [0.25, 0.3) is 0 Å². The number of anilines is 1. The Morgan fingerprint density at radius 3 is 2.65 bits per heavy atom. The van der Waals surface area contributed by atoms with E-state index in [0.717, 1.165) is 12.1 Å². The Hall–Kier alpha value is -2.85. The molecule has 2 aromatic rings. The number of rotatable bonds is 5. The van der Waals surface area contributed by atoms with Crippen LogP contribution in [0.15, 0.2) is 52.6 Å². The van der Waals surface area contributed by atoms with Gasteiger partial charge in [-0.3, -0.25) is 20.5 Å². The average Bonchev–Trinajstić information content (AvgIpc) is 2.52. The summed E-state index contributed by atoms with van der Waals surface area (Å²) in [6, 6.07) is 8.54. The third-order valence-corrected chi connectivity index (χ3v) is 3.79. The molecule has 1 heterocycles. The zero-order valence-corrected chi connectivity index (χ0v) is 12.8. The molecule has 0 aliphatic heterocycles. The lowest BCUT2D eigenvalue weighted by Gasteiger charge is -2.05. The Balaban J connectivity index is 2.35. The molecule has 0 saturated heterocycles. The number of nitrogens with zero attached hydrogens (tertiary/aromatic N) is 3. The maximum Gasteiger partial charge on any atom is 0.295 e. The highest BCUT2D eigenvalue weighted by molar-refractivity contribution is 7.89. The topological polar surface area (TPSA) is 141 Å². The van der Waals surface area contributed by atoms with Crippen LogP contribution in [0.3, 0.4) is 0 Å². The molecule has 0 aliphatic rings. The number of hydrogen-bond donors (Lipinski definition) is 2. The van der Waals surface area contributed by atoms with Gasteiger partial charge in [0, 0.05) is 12.3 Å². The van der Waals surface area contributed by atoms with Crippen molar-refractivity contribution in [2.75, 3.05) is 5.43 Å². The van der Waals surface area contributed by atoms with Gasteiger partial charge in [0.25, 0.3) is 5.69 Å². The van der Waals surface area contributed by atoms with E-state index in [1.165, 1.54) is 6.07 Å². The first-order valence-corrected chi connectivity index (χ1v) is 7.86. The Morgan fingerprint density at radius 2 is 2.09 bits per heavy atom. The molecule has 120 valence electrons. The average molecular weight is 335 g/mol. The van der Waals surface area contributed by atoms with E-state index in [1.54, 1.807) is 31.3 Å². The second kappa shape index (κ2) is 6.50. The van der Waals surface area contributed by atoms with Gasteiger partial charge in [0.2, 0.25) is 10.0 Å². The maximum absolute atomic E-state index is 11.3. The summed E-state index contributed by atoms with van der Waals surface area (Å²) >= 11 is 0. The molecule has 0 bridgehead atoms. The molecule has 23 heavy (non-hydrogen) atoms. The van der Waals surface area contributed by atoms with Crippen molar-refractivity contribution in [2.24, 2.45) is 10.2 Å². The second-order valence-corrected chi connectivity index (χ2v) is 6.07. The molecule has 0 unspecified atom stereocenters. The molecule has 0 aliphatic carbocycles. The number of hydrogen-bond acceptors (Lipinski definition) is 7. The van der Waals surface area contributed by atoms with Crippen molar-refractivity contribution in [1.29, 1.82) is 0 Å². The van der Waals surface area contributed by atoms with Crippen molar-refractivity contribution in [3.63, 3.8) is 0 Å².